The van der Waals surface area contributed by atoms with E-state index >= 15 is 0 Å². The van der Waals surface area contributed by atoms with Crippen LogP contribution in [0.5, 0.6) is 5.75 Å². The maximum atomic E-state index is 7.07. The number of alkyl halides is 1. The fraction of sp³-hybridized carbons (Fsp3) is 0.222. The van der Waals surface area contributed by atoms with E-state index in [1.54, 1.807) is 12.1 Å². The molecule has 0 heterocycles. The van der Waals surface area contributed by atoms with Gasteiger partial charge in [0.25, 0.3) is 0 Å². The number of ether oxygens (including phenoxy) is 1. The molecule has 0 fully saturated rings. The molecule has 0 saturated heterocycles. The Balaban J connectivity index is 2.96. The highest BCUT2D eigenvalue weighted by atomic mass is 35.5. The summed E-state index contributed by atoms with van der Waals surface area (Å²) in [5.74, 6) is 0.903. The summed E-state index contributed by atoms with van der Waals surface area (Å²) >= 11 is 5.47. The zero-order valence-corrected chi connectivity index (χ0v) is 8.34. The summed E-state index contributed by atoms with van der Waals surface area (Å²) in [7, 11) is 0. The quantitative estimate of drug-likeness (QED) is 0.402. The largest absolute Gasteiger partial charge is 0.490 e. The maximum absolute atomic E-state index is 7.07. The van der Waals surface area contributed by atoms with E-state index in [2.05, 4.69) is 0 Å². The maximum Gasteiger partial charge on any atom is 0.144 e. The zero-order chi connectivity index (χ0) is 10.6. The highest BCUT2D eigenvalue weighted by Crippen LogP contribution is 2.26. The van der Waals surface area contributed by atoms with E-state index < -0.39 is 0 Å². The van der Waals surface area contributed by atoms with Gasteiger partial charge in [-0.05, 0) is 6.07 Å². The Morgan fingerprint density at radius 1 is 1.36 bits per heavy atom. The molecule has 0 saturated carbocycles. The molecule has 0 aromatic heterocycles. The molecule has 76 valence electrons. The number of halogens is 1. The number of hydrogen-bond acceptors (Lipinski definition) is 4. The number of hydrogen-bond donors (Lipinski definition) is 3. The van der Waals surface area contributed by atoms with Crippen LogP contribution >= 0.6 is 11.6 Å². The van der Waals surface area contributed by atoms with E-state index in [4.69, 9.17) is 33.2 Å². The standard InChI is InChI=1S/C9H12ClN3O/c10-1-2-14-9-4-7(12)6(5-11)3-8(9)13/h3-5,11H,1-2,12-13H2. The monoisotopic (exact) mass is 213 g/mol. The zero-order valence-electron chi connectivity index (χ0n) is 7.59. The van der Waals surface area contributed by atoms with Crippen molar-refractivity contribution < 1.29 is 4.74 Å². The lowest BCUT2D eigenvalue weighted by molar-refractivity contribution is 0.345. The lowest BCUT2D eigenvalue weighted by Gasteiger charge is -2.09. The summed E-state index contributed by atoms with van der Waals surface area (Å²) in [6, 6.07) is 3.20. The van der Waals surface area contributed by atoms with Gasteiger partial charge in [-0.1, -0.05) is 0 Å². The molecule has 0 aliphatic rings. The van der Waals surface area contributed by atoms with E-state index in [0.29, 0.717) is 35.2 Å². The smallest absolute Gasteiger partial charge is 0.144 e. The minimum Gasteiger partial charge on any atom is -0.490 e. The van der Waals surface area contributed by atoms with Crippen molar-refractivity contribution in [3.8, 4) is 5.75 Å². The Labute approximate surface area is 87.3 Å². The Morgan fingerprint density at radius 2 is 2.07 bits per heavy atom. The van der Waals surface area contributed by atoms with Crippen LogP contribution in [0.2, 0.25) is 0 Å². The first-order chi connectivity index (χ1) is 6.69. The molecular formula is C9H12ClN3O. The predicted octanol–water partition coefficient (Wildman–Crippen LogP) is 1.47. The molecule has 14 heavy (non-hydrogen) atoms. The molecule has 0 aliphatic carbocycles. The van der Waals surface area contributed by atoms with Crippen molar-refractivity contribution in [3.63, 3.8) is 0 Å². The van der Waals surface area contributed by atoms with Gasteiger partial charge in [0.15, 0.2) is 0 Å². The summed E-state index contributed by atoms with van der Waals surface area (Å²) in [4.78, 5) is 0. The van der Waals surface area contributed by atoms with Crippen molar-refractivity contribution in [1.29, 1.82) is 5.41 Å². The van der Waals surface area contributed by atoms with Crippen LogP contribution < -0.4 is 16.2 Å². The minimum absolute atomic E-state index is 0.384. The second-order valence-corrected chi connectivity index (χ2v) is 3.08. The molecule has 5 heteroatoms. The van der Waals surface area contributed by atoms with E-state index in [1.807, 2.05) is 0 Å². The fourth-order valence-electron chi connectivity index (χ4n) is 1.03. The lowest BCUT2D eigenvalue weighted by atomic mass is 10.1. The number of nitrogen functional groups attached to an aromatic ring is 2. The van der Waals surface area contributed by atoms with Crippen LogP contribution in [0.4, 0.5) is 11.4 Å². The summed E-state index contributed by atoms with van der Waals surface area (Å²) < 4.78 is 5.25. The number of benzene rings is 1. The van der Waals surface area contributed by atoms with Crippen molar-refractivity contribution in [2.24, 2.45) is 0 Å². The molecule has 0 atom stereocenters. The Hall–Kier alpha value is -1.42. The van der Waals surface area contributed by atoms with Crippen LogP contribution in [0.25, 0.3) is 0 Å². The van der Waals surface area contributed by atoms with E-state index in [0.717, 1.165) is 6.21 Å². The summed E-state index contributed by atoms with van der Waals surface area (Å²) in [6.07, 6.45) is 1.15. The third-order valence-electron chi connectivity index (χ3n) is 1.71. The van der Waals surface area contributed by atoms with Crippen LogP contribution in [0.3, 0.4) is 0 Å². The normalized spacial score (nSPS) is 9.79. The highest BCUT2D eigenvalue weighted by molar-refractivity contribution is 6.18. The molecular weight excluding hydrogens is 202 g/mol. The molecule has 0 bridgehead atoms. The van der Waals surface area contributed by atoms with E-state index in [1.165, 1.54) is 0 Å². The predicted molar refractivity (Wildman–Crippen MR) is 59.4 cm³/mol. The SMILES string of the molecule is N=Cc1cc(N)c(OCCCl)cc1N. The number of rotatable bonds is 4. The molecule has 5 N–H and O–H groups in total. The average molecular weight is 214 g/mol. The topological polar surface area (TPSA) is 85.1 Å². The van der Waals surface area contributed by atoms with Gasteiger partial charge in [0.05, 0.1) is 11.6 Å². The van der Waals surface area contributed by atoms with Crippen LogP contribution in [-0.2, 0) is 0 Å². The van der Waals surface area contributed by atoms with Crippen LogP contribution in [0, 0.1) is 5.41 Å². The van der Waals surface area contributed by atoms with Crippen LogP contribution in [0.1, 0.15) is 5.56 Å². The molecule has 1 rings (SSSR count). The average Bonchev–Trinajstić information content (AvgIpc) is 2.18. The van der Waals surface area contributed by atoms with Crippen molar-refractivity contribution >= 4 is 29.2 Å². The Kier molecular flexibility index (Phi) is 3.59. The molecule has 0 spiro atoms. The van der Waals surface area contributed by atoms with Crippen molar-refractivity contribution in [2.75, 3.05) is 24.0 Å². The van der Waals surface area contributed by atoms with Gasteiger partial charge in [0, 0.05) is 23.5 Å². The molecule has 4 nitrogen and oxygen atoms in total. The number of nitrogens with one attached hydrogen (secondary N) is 1. The minimum atomic E-state index is 0.384. The number of nitrogens with two attached hydrogens (primary N) is 2. The van der Waals surface area contributed by atoms with Crippen molar-refractivity contribution in [3.05, 3.63) is 17.7 Å². The van der Waals surface area contributed by atoms with Crippen molar-refractivity contribution in [1.82, 2.24) is 0 Å². The third-order valence-corrected chi connectivity index (χ3v) is 1.86. The molecule has 0 aliphatic heterocycles. The molecule has 1 aromatic carbocycles. The fourth-order valence-corrected chi connectivity index (χ4v) is 1.11. The lowest BCUT2D eigenvalue weighted by Crippen LogP contribution is -2.03. The molecule has 1 aromatic rings. The molecule has 0 amide bonds. The molecule has 0 radical (unpaired) electrons. The Bertz CT molecular complexity index is 341. The van der Waals surface area contributed by atoms with Crippen LogP contribution in [0.15, 0.2) is 12.1 Å². The third kappa shape index (κ3) is 2.29. The van der Waals surface area contributed by atoms with Crippen LogP contribution in [-0.4, -0.2) is 18.7 Å². The van der Waals surface area contributed by atoms with Gasteiger partial charge in [-0.3, -0.25) is 0 Å². The van der Waals surface area contributed by atoms with Gasteiger partial charge in [-0.2, -0.15) is 0 Å². The van der Waals surface area contributed by atoms with Crippen molar-refractivity contribution in [2.45, 2.75) is 0 Å². The summed E-state index contributed by atoms with van der Waals surface area (Å²) in [5.41, 5.74) is 12.8. The van der Waals surface area contributed by atoms with Gasteiger partial charge in [-0.25, -0.2) is 0 Å². The number of anilines is 2. The first kappa shape index (κ1) is 10.7. The summed E-state index contributed by atoms with van der Waals surface area (Å²) in [5, 5.41) is 7.07. The van der Waals surface area contributed by atoms with Gasteiger partial charge < -0.3 is 21.6 Å². The highest BCUT2D eigenvalue weighted by Gasteiger charge is 2.04. The first-order valence-electron chi connectivity index (χ1n) is 4.07. The van der Waals surface area contributed by atoms with Gasteiger partial charge in [0.1, 0.15) is 12.4 Å². The first-order valence-corrected chi connectivity index (χ1v) is 4.60. The van der Waals surface area contributed by atoms with Gasteiger partial charge in [-0.15, -0.1) is 11.6 Å². The summed E-state index contributed by atoms with van der Waals surface area (Å²) in [6.45, 7) is 0.384. The second kappa shape index (κ2) is 4.72. The van der Waals surface area contributed by atoms with E-state index in [-0.39, 0.29) is 0 Å². The molecule has 0 unspecified atom stereocenters. The van der Waals surface area contributed by atoms with E-state index in [9.17, 15) is 0 Å². The second-order valence-electron chi connectivity index (χ2n) is 2.70. The Morgan fingerprint density at radius 3 is 2.64 bits per heavy atom. The van der Waals surface area contributed by atoms with Gasteiger partial charge >= 0.3 is 0 Å². The van der Waals surface area contributed by atoms with Gasteiger partial charge in [0.2, 0.25) is 0 Å².